The number of hydrogen-bond donors (Lipinski definition) is 1. The predicted octanol–water partition coefficient (Wildman–Crippen LogP) is 4.77. The molecule has 1 N–H and O–H groups in total. The van der Waals surface area contributed by atoms with Crippen LogP contribution in [0.1, 0.15) is 17.7 Å². The fourth-order valence-electron chi connectivity index (χ4n) is 1.75. The lowest BCUT2D eigenvalue weighted by Crippen LogP contribution is -2.14. The summed E-state index contributed by atoms with van der Waals surface area (Å²) in [5, 5.41) is 3.86. The lowest BCUT2D eigenvalue weighted by Gasteiger charge is -2.11. The van der Waals surface area contributed by atoms with Crippen molar-refractivity contribution in [3.63, 3.8) is 0 Å². The number of carbonyl (C=O) groups is 1. The minimum Gasteiger partial charge on any atom is -0.325 e. The molecule has 0 radical (unpaired) electrons. The number of thioether (sulfide) groups is 1. The molecule has 2 nitrogen and oxygen atoms in total. The highest BCUT2D eigenvalue weighted by Crippen LogP contribution is 2.28. The van der Waals surface area contributed by atoms with Crippen LogP contribution in [0.25, 0.3) is 0 Å². The van der Waals surface area contributed by atoms with Gasteiger partial charge in [0.15, 0.2) is 0 Å². The van der Waals surface area contributed by atoms with Crippen LogP contribution in [0.15, 0.2) is 54.6 Å². The van der Waals surface area contributed by atoms with Gasteiger partial charge in [0.05, 0.1) is 5.75 Å². The van der Waals surface area contributed by atoms with Gasteiger partial charge in [0.25, 0.3) is 0 Å². The van der Waals surface area contributed by atoms with E-state index in [4.69, 9.17) is 11.6 Å². The first-order valence-corrected chi connectivity index (χ1v) is 7.80. The number of rotatable bonds is 5. The number of amides is 1. The molecule has 104 valence electrons. The van der Waals surface area contributed by atoms with E-state index in [0.717, 1.165) is 10.7 Å². The SMILES string of the molecule is CC(SCC(=O)Nc1ccccc1)c1ccc(Cl)cc1. The van der Waals surface area contributed by atoms with Crippen molar-refractivity contribution in [2.45, 2.75) is 12.2 Å². The first-order valence-electron chi connectivity index (χ1n) is 6.37. The predicted molar refractivity (Wildman–Crippen MR) is 87.4 cm³/mol. The zero-order valence-corrected chi connectivity index (χ0v) is 12.7. The van der Waals surface area contributed by atoms with Crippen LogP contribution in [0.5, 0.6) is 0 Å². The number of anilines is 1. The van der Waals surface area contributed by atoms with Crippen molar-refractivity contribution >= 4 is 35.0 Å². The molecule has 0 heterocycles. The smallest absolute Gasteiger partial charge is 0.234 e. The van der Waals surface area contributed by atoms with Crippen LogP contribution in [0, 0.1) is 0 Å². The van der Waals surface area contributed by atoms with Crippen LogP contribution in [0.4, 0.5) is 5.69 Å². The Balaban J connectivity index is 1.82. The van der Waals surface area contributed by atoms with Gasteiger partial charge in [0.2, 0.25) is 5.91 Å². The molecule has 0 fully saturated rings. The number of nitrogens with one attached hydrogen (secondary N) is 1. The standard InChI is InChI=1S/C16H16ClNOS/c1-12(13-7-9-14(17)10-8-13)20-11-16(19)18-15-5-3-2-4-6-15/h2-10,12H,11H2,1H3,(H,18,19). The van der Waals surface area contributed by atoms with Gasteiger partial charge in [0.1, 0.15) is 0 Å². The number of para-hydroxylation sites is 1. The maximum atomic E-state index is 11.8. The van der Waals surface area contributed by atoms with E-state index in [9.17, 15) is 4.79 Å². The largest absolute Gasteiger partial charge is 0.325 e. The summed E-state index contributed by atoms with van der Waals surface area (Å²) in [5.41, 5.74) is 2.00. The quantitative estimate of drug-likeness (QED) is 0.862. The Hall–Kier alpha value is -1.45. The van der Waals surface area contributed by atoms with Gasteiger partial charge < -0.3 is 5.32 Å². The highest BCUT2D eigenvalue weighted by Gasteiger charge is 2.09. The molecule has 2 aromatic carbocycles. The lowest BCUT2D eigenvalue weighted by molar-refractivity contribution is -0.113. The van der Waals surface area contributed by atoms with Crippen LogP contribution >= 0.6 is 23.4 Å². The lowest BCUT2D eigenvalue weighted by atomic mass is 10.2. The van der Waals surface area contributed by atoms with E-state index in [1.54, 1.807) is 11.8 Å². The fourth-order valence-corrected chi connectivity index (χ4v) is 2.70. The van der Waals surface area contributed by atoms with Crippen molar-refractivity contribution in [2.24, 2.45) is 0 Å². The van der Waals surface area contributed by atoms with E-state index in [1.807, 2.05) is 54.6 Å². The van der Waals surface area contributed by atoms with E-state index in [2.05, 4.69) is 12.2 Å². The summed E-state index contributed by atoms with van der Waals surface area (Å²) in [5.74, 6) is 0.445. The molecule has 1 atom stereocenters. The van der Waals surface area contributed by atoms with E-state index < -0.39 is 0 Å². The summed E-state index contributed by atoms with van der Waals surface area (Å²) >= 11 is 7.47. The monoisotopic (exact) mass is 305 g/mol. The average Bonchev–Trinajstić information content (AvgIpc) is 2.46. The molecule has 0 aliphatic rings. The van der Waals surface area contributed by atoms with Gasteiger partial charge in [-0.1, -0.05) is 41.9 Å². The van der Waals surface area contributed by atoms with Crippen molar-refractivity contribution in [3.8, 4) is 0 Å². The molecule has 2 aromatic rings. The second-order valence-electron chi connectivity index (χ2n) is 4.42. The molecular formula is C16H16ClNOS. The van der Waals surface area contributed by atoms with Crippen LogP contribution in [-0.2, 0) is 4.79 Å². The molecule has 0 saturated carbocycles. The second-order valence-corrected chi connectivity index (χ2v) is 6.18. The van der Waals surface area contributed by atoms with E-state index in [1.165, 1.54) is 5.56 Å². The summed E-state index contributed by atoms with van der Waals surface area (Å²) in [6, 6.07) is 17.2. The highest BCUT2D eigenvalue weighted by molar-refractivity contribution is 8.00. The van der Waals surface area contributed by atoms with Crippen molar-refractivity contribution < 1.29 is 4.79 Å². The Labute approximate surface area is 128 Å². The Morgan fingerprint density at radius 2 is 1.80 bits per heavy atom. The molecule has 2 rings (SSSR count). The number of halogens is 1. The molecule has 0 spiro atoms. The van der Waals surface area contributed by atoms with Gasteiger partial charge in [-0.15, -0.1) is 11.8 Å². The molecule has 4 heteroatoms. The summed E-state index contributed by atoms with van der Waals surface area (Å²) in [7, 11) is 0. The maximum Gasteiger partial charge on any atom is 0.234 e. The second kappa shape index (κ2) is 7.36. The molecule has 1 unspecified atom stereocenters. The van der Waals surface area contributed by atoms with E-state index in [0.29, 0.717) is 5.75 Å². The minimum atomic E-state index is 0.0158. The van der Waals surface area contributed by atoms with Crippen molar-refractivity contribution in [2.75, 3.05) is 11.1 Å². The third-order valence-electron chi connectivity index (χ3n) is 2.86. The summed E-state index contributed by atoms with van der Waals surface area (Å²) in [6.45, 7) is 2.09. The van der Waals surface area contributed by atoms with Gasteiger partial charge in [-0.2, -0.15) is 0 Å². The maximum absolute atomic E-state index is 11.8. The van der Waals surface area contributed by atoms with Gasteiger partial charge in [-0.3, -0.25) is 4.79 Å². The summed E-state index contributed by atoms with van der Waals surface area (Å²) in [6.07, 6.45) is 0. The topological polar surface area (TPSA) is 29.1 Å². The first-order chi connectivity index (χ1) is 9.65. The van der Waals surface area contributed by atoms with Gasteiger partial charge in [-0.05, 0) is 36.8 Å². The molecule has 0 aromatic heterocycles. The third-order valence-corrected chi connectivity index (χ3v) is 4.31. The van der Waals surface area contributed by atoms with Crippen molar-refractivity contribution in [3.05, 3.63) is 65.2 Å². The molecule has 1 amide bonds. The third kappa shape index (κ3) is 4.58. The Morgan fingerprint density at radius 3 is 2.45 bits per heavy atom. The molecule has 20 heavy (non-hydrogen) atoms. The fraction of sp³-hybridized carbons (Fsp3) is 0.188. The summed E-state index contributed by atoms with van der Waals surface area (Å²) < 4.78 is 0. The zero-order chi connectivity index (χ0) is 14.4. The average molecular weight is 306 g/mol. The van der Waals surface area contributed by atoms with Crippen LogP contribution in [-0.4, -0.2) is 11.7 Å². The minimum absolute atomic E-state index is 0.0158. The molecule has 0 bridgehead atoms. The molecule has 0 aliphatic heterocycles. The Bertz CT molecular complexity index is 556. The molecule has 0 aliphatic carbocycles. The molecule has 0 saturated heterocycles. The van der Waals surface area contributed by atoms with Crippen LogP contribution in [0.3, 0.4) is 0 Å². The summed E-state index contributed by atoms with van der Waals surface area (Å²) in [4.78, 5) is 11.8. The number of hydrogen-bond acceptors (Lipinski definition) is 2. The van der Waals surface area contributed by atoms with E-state index >= 15 is 0 Å². The normalized spacial score (nSPS) is 11.9. The van der Waals surface area contributed by atoms with Crippen molar-refractivity contribution in [1.29, 1.82) is 0 Å². The number of benzene rings is 2. The van der Waals surface area contributed by atoms with Crippen LogP contribution in [0.2, 0.25) is 5.02 Å². The van der Waals surface area contributed by atoms with Gasteiger partial charge in [-0.25, -0.2) is 0 Å². The van der Waals surface area contributed by atoms with Crippen molar-refractivity contribution in [1.82, 2.24) is 0 Å². The highest BCUT2D eigenvalue weighted by atomic mass is 35.5. The Kier molecular flexibility index (Phi) is 5.50. The Morgan fingerprint density at radius 1 is 1.15 bits per heavy atom. The molecular weight excluding hydrogens is 290 g/mol. The zero-order valence-electron chi connectivity index (χ0n) is 11.2. The van der Waals surface area contributed by atoms with E-state index in [-0.39, 0.29) is 11.2 Å². The van der Waals surface area contributed by atoms with Gasteiger partial charge in [0, 0.05) is 16.0 Å². The van der Waals surface area contributed by atoms with Gasteiger partial charge >= 0.3 is 0 Å². The number of carbonyl (C=O) groups excluding carboxylic acids is 1. The first kappa shape index (κ1) is 14.9. The van der Waals surface area contributed by atoms with Crippen LogP contribution < -0.4 is 5.32 Å².